The highest BCUT2D eigenvalue weighted by Crippen LogP contribution is 2.30. The highest BCUT2D eigenvalue weighted by molar-refractivity contribution is 6.06. The molecule has 0 atom stereocenters. The van der Waals surface area contributed by atoms with Gasteiger partial charge in [0.2, 0.25) is 5.91 Å². The predicted molar refractivity (Wildman–Crippen MR) is 144 cm³/mol. The first-order chi connectivity index (χ1) is 17.9. The lowest BCUT2D eigenvalue weighted by Crippen LogP contribution is -2.26. The molecule has 0 saturated carbocycles. The lowest BCUT2D eigenvalue weighted by molar-refractivity contribution is -0.119. The number of para-hydroxylation sites is 1. The summed E-state index contributed by atoms with van der Waals surface area (Å²) in [4.78, 5) is 38.2. The van der Waals surface area contributed by atoms with E-state index in [4.69, 9.17) is 9.72 Å². The van der Waals surface area contributed by atoms with Crippen LogP contribution in [0, 0.1) is 6.92 Å². The topological polar surface area (TPSA) is 114 Å². The number of ether oxygens (including phenoxy) is 1. The van der Waals surface area contributed by atoms with Gasteiger partial charge in [-0.15, -0.1) is 0 Å². The standard InChI is InChI=1S/C28H28N6O3/c1-17-8-7-11-20-25(17)33-23(30-20)12-13-29-28(36)19-14-21(31-24(35)16-37-3)26-22(15-19)32-27(34(26)2)18-9-5-4-6-10-18/h4-11,14-15H,12-13,16H2,1-3H3,(H,29,36)(H,30,33)(H,31,35). The maximum Gasteiger partial charge on any atom is 0.251 e. The number of carbonyl (C=O) groups excluding carboxylic acids is 2. The number of aryl methyl sites for hydroxylation is 2. The first-order valence-corrected chi connectivity index (χ1v) is 12.0. The number of H-pyrrole nitrogens is 1. The Morgan fingerprint density at radius 2 is 1.86 bits per heavy atom. The van der Waals surface area contributed by atoms with Crippen LogP contribution in [0.5, 0.6) is 0 Å². The van der Waals surface area contributed by atoms with E-state index < -0.39 is 0 Å². The summed E-state index contributed by atoms with van der Waals surface area (Å²) < 4.78 is 6.89. The molecule has 188 valence electrons. The Morgan fingerprint density at radius 1 is 1.05 bits per heavy atom. The molecular weight excluding hydrogens is 468 g/mol. The normalized spacial score (nSPS) is 11.2. The van der Waals surface area contributed by atoms with E-state index in [-0.39, 0.29) is 18.4 Å². The van der Waals surface area contributed by atoms with Crippen molar-refractivity contribution in [1.82, 2.24) is 24.8 Å². The molecule has 0 spiro atoms. The Bertz CT molecular complexity index is 1600. The highest BCUT2D eigenvalue weighted by Gasteiger charge is 2.19. The number of fused-ring (bicyclic) bond motifs is 2. The third-order valence-corrected chi connectivity index (χ3v) is 6.22. The van der Waals surface area contributed by atoms with Crippen LogP contribution in [0.15, 0.2) is 60.7 Å². The smallest absolute Gasteiger partial charge is 0.251 e. The van der Waals surface area contributed by atoms with Crippen LogP contribution in [0.2, 0.25) is 0 Å². The van der Waals surface area contributed by atoms with E-state index in [0.717, 1.165) is 39.3 Å². The molecule has 3 aromatic carbocycles. The van der Waals surface area contributed by atoms with Crippen molar-refractivity contribution in [3.05, 3.63) is 77.6 Å². The molecule has 3 N–H and O–H groups in total. The van der Waals surface area contributed by atoms with Gasteiger partial charge in [-0.05, 0) is 30.7 Å². The predicted octanol–water partition coefficient (Wildman–Crippen LogP) is 3.98. The fourth-order valence-electron chi connectivity index (χ4n) is 4.48. The van der Waals surface area contributed by atoms with Crippen molar-refractivity contribution in [3.8, 4) is 11.4 Å². The van der Waals surface area contributed by atoms with Crippen LogP contribution in [0.4, 0.5) is 5.69 Å². The SMILES string of the molecule is COCC(=O)Nc1cc(C(=O)NCCc2nc3c(C)cccc3[nH]2)cc2nc(-c3ccccc3)n(C)c12. The first-order valence-electron chi connectivity index (χ1n) is 12.0. The molecular formula is C28H28N6O3. The zero-order valence-electron chi connectivity index (χ0n) is 21.0. The van der Waals surface area contributed by atoms with E-state index >= 15 is 0 Å². The van der Waals surface area contributed by atoms with Crippen LogP contribution in [0.1, 0.15) is 21.7 Å². The van der Waals surface area contributed by atoms with Crippen molar-refractivity contribution in [2.75, 3.05) is 25.6 Å². The molecule has 9 heteroatoms. The maximum atomic E-state index is 13.1. The van der Waals surface area contributed by atoms with Crippen molar-refractivity contribution in [3.63, 3.8) is 0 Å². The van der Waals surface area contributed by atoms with Gasteiger partial charge in [0.25, 0.3) is 5.91 Å². The van der Waals surface area contributed by atoms with Gasteiger partial charge in [-0.2, -0.15) is 0 Å². The third kappa shape index (κ3) is 4.94. The molecule has 0 unspecified atom stereocenters. The molecule has 0 aliphatic heterocycles. The van der Waals surface area contributed by atoms with Crippen molar-refractivity contribution in [1.29, 1.82) is 0 Å². The summed E-state index contributed by atoms with van der Waals surface area (Å²) in [6, 6.07) is 19.2. The van der Waals surface area contributed by atoms with Gasteiger partial charge in [0.15, 0.2) is 0 Å². The number of nitrogens with one attached hydrogen (secondary N) is 3. The Kier molecular flexibility index (Phi) is 6.70. The zero-order valence-corrected chi connectivity index (χ0v) is 21.0. The van der Waals surface area contributed by atoms with Gasteiger partial charge >= 0.3 is 0 Å². The van der Waals surface area contributed by atoms with Crippen LogP contribution in [-0.4, -0.2) is 51.6 Å². The first kappa shape index (κ1) is 24.2. The lowest BCUT2D eigenvalue weighted by atomic mass is 10.1. The van der Waals surface area contributed by atoms with Crippen LogP contribution in [0.3, 0.4) is 0 Å². The fraction of sp³-hybridized carbons (Fsp3) is 0.214. The second-order valence-electron chi connectivity index (χ2n) is 8.89. The average Bonchev–Trinajstić information content (AvgIpc) is 3.46. The zero-order chi connectivity index (χ0) is 25.9. The van der Waals surface area contributed by atoms with Crippen molar-refractivity contribution >= 4 is 39.6 Å². The molecule has 37 heavy (non-hydrogen) atoms. The second kappa shape index (κ2) is 10.2. The summed E-state index contributed by atoms with van der Waals surface area (Å²) in [6.07, 6.45) is 0.557. The largest absolute Gasteiger partial charge is 0.375 e. The van der Waals surface area contributed by atoms with E-state index in [2.05, 4.69) is 20.6 Å². The number of benzene rings is 3. The van der Waals surface area contributed by atoms with Gasteiger partial charge < -0.3 is 24.9 Å². The molecule has 5 rings (SSSR count). The molecule has 2 amide bonds. The average molecular weight is 497 g/mol. The quantitative estimate of drug-likeness (QED) is 0.301. The van der Waals surface area contributed by atoms with Crippen molar-refractivity contribution in [2.24, 2.45) is 7.05 Å². The van der Waals surface area contributed by atoms with Crippen LogP contribution in [-0.2, 0) is 23.0 Å². The number of imidazole rings is 2. The lowest BCUT2D eigenvalue weighted by Gasteiger charge is -2.11. The minimum atomic E-state index is -0.316. The number of hydrogen-bond acceptors (Lipinski definition) is 5. The van der Waals surface area contributed by atoms with Crippen LogP contribution < -0.4 is 10.6 Å². The molecule has 0 aliphatic rings. The van der Waals surface area contributed by atoms with Gasteiger partial charge in [-0.3, -0.25) is 9.59 Å². The molecule has 9 nitrogen and oxygen atoms in total. The number of carbonyl (C=O) groups is 2. The highest BCUT2D eigenvalue weighted by atomic mass is 16.5. The minimum absolute atomic E-state index is 0.0989. The van der Waals surface area contributed by atoms with Crippen LogP contribution in [0.25, 0.3) is 33.5 Å². The summed E-state index contributed by atoms with van der Waals surface area (Å²) in [7, 11) is 3.35. The number of hydrogen-bond donors (Lipinski definition) is 3. The van der Waals surface area contributed by atoms with E-state index in [0.29, 0.717) is 29.7 Å². The molecule has 0 aliphatic carbocycles. The molecule has 0 bridgehead atoms. The van der Waals surface area contributed by atoms with Gasteiger partial charge in [0, 0.05) is 38.2 Å². The molecule has 0 radical (unpaired) electrons. The number of anilines is 1. The molecule has 5 aromatic rings. The maximum absolute atomic E-state index is 13.1. The number of nitrogens with zero attached hydrogens (tertiary/aromatic N) is 3. The van der Waals surface area contributed by atoms with Crippen molar-refractivity contribution in [2.45, 2.75) is 13.3 Å². The Balaban J connectivity index is 1.41. The second-order valence-corrected chi connectivity index (χ2v) is 8.89. The number of rotatable bonds is 8. The number of aromatic nitrogens is 4. The Hall–Kier alpha value is -4.50. The van der Waals surface area contributed by atoms with Crippen molar-refractivity contribution < 1.29 is 14.3 Å². The van der Waals surface area contributed by atoms with E-state index in [1.807, 2.05) is 67.1 Å². The van der Waals surface area contributed by atoms with Gasteiger partial charge in [0.1, 0.15) is 18.3 Å². The summed E-state index contributed by atoms with van der Waals surface area (Å²) >= 11 is 0. The molecule has 2 aromatic heterocycles. The summed E-state index contributed by atoms with van der Waals surface area (Å²) in [5.41, 5.74) is 6.18. The molecule has 0 fully saturated rings. The Morgan fingerprint density at radius 3 is 2.62 bits per heavy atom. The molecule has 0 saturated heterocycles. The van der Waals surface area contributed by atoms with Gasteiger partial charge in [0.05, 0.1) is 27.8 Å². The van der Waals surface area contributed by atoms with Gasteiger partial charge in [-0.1, -0.05) is 42.5 Å². The summed E-state index contributed by atoms with van der Waals surface area (Å²) in [5.74, 6) is 0.965. The molecule has 2 heterocycles. The monoisotopic (exact) mass is 496 g/mol. The van der Waals surface area contributed by atoms with E-state index in [1.54, 1.807) is 12.1 Å². The van der Waals surface area contributed by atoms with E-state index in [1.165, 1.54) is 7.11 Å². The van der Waals surface area contributed by atoms with E-state index in [9.17, 15) is 9.59 Å². The number of methoxy groups -OCH3 is 1. The third-order valence-electron chi connectivity index (χ3n) is 6.22. The van der Waals surface area contributed by atoms with Gasteiger partial charge in [-0.25, -0.2) is 9.97 Å². The summed E-state index contributed by atoms with van der Waals surface area (Å²) in [6.45, 7) is 2.32. The minimum Gasteiger partial charge on any atom is -0.375 e. The Labute approximate surface area is 213 Å². The van der Waals surface area contributed by atoms with Crippen LogP contribution >= 0.6 is 0 Å². The number of amides is 2. The number of aromatic amines is 1. The summed E-state index contributed by atoms with van der Waals surface area (Å²) in [5, 5.41) is 5.83. The fourth-order valence-corrected chi connectivity index (χ4v) is 4.48.